The van der Waals surface area contributed by atoms with Crippen molar-refractivity contribution < 1.29 is 121 Å². The summed E-state index contributed by atoms with van der Waals surface area (Å²) in [6.07, 6.45) is -1.11. The van der Waals surface area contributed by atoms with Gasteiger partial charge in [0.25, 0.3) is 0 Å². The van der Waals surface area contributed by atoms with Crippen molar-refractivity contribution in [1.29, 1.82) is 0 Å². The van der Waals surface area contributed by atoms with Crippen LogP contribution in [0, 0.1) is 58.9 Å². The van der Waals surface area contributed by atoms with Crippen molar-refractivity contribution in [3.8, 4) is 114 Å². The van der Waals surface area contributed by atoms with Gasteiger partial charge in [0.2, 0.25) is 0 Å². The Balaban J connectivity index is 0.000000274. The maximum atomic E-state index is 8.56. The van der Waals surface area contributed by atoms with E-state index >= 15 is 0 Å². The second-order valence-electron chi connectivity index (χ2n) is 30.8. The summed E-state index contributed by atoms with van der Waals surface area (Å²) >= 11 is 0. The van der Waals surface area contributed by atoms with Gasteiger partial charge in [0.1, 0.15) is 0 Å². The minimum absolute atomic E-state index is 0. The van der Waals surface area contributed by atoms with Crippen LogP contribution in [-0.4, -0.2) is 149 Å². The molecular formula is C105H114Ir4N12O8-4. The van der Waals surface area contributed by atoms with Gasteiger partial charge in [-0.3, -0.25) is 0 Å². The summed E-state index contributed by atoms with van der Waals surface area (Å²) in [6.45, 7) is 23.9. The van der Waals surface area contributed by atoms with Crippen LogP contribution < -0.4 is 0 Å². The van der Waals surface area contributed by atoms with Gasteiger partial charge in [-0.05, 0) is 169 Å². The summed E-state index contributed by atoms with van der Waals surface area (Å²) in [5.41, 5.74) is 18.2. The molecule has 0 aliphatic carbocycles. The molecule has 4 heterocycles. The molecule has 0 fully saturated rings. The molecule has 16 aromatic rings. The number of hydrogen-bond donors (Lipinski definition) is 8. The summed E-state index contributed by atoms with van der Waals surface area (Å²) in [4.78, 5) is 0. The van der Waals surface area contributed by atoms with Crippen LogP contribution in [0.5, 0.6) is 0 Å². The SMILES string of the molecule is CC(O)CC(C)O.CC(O)CC(C)O.CC(O)CC(C)O.CC(O)CC(C)O.Cc1cc(C)c(-n2c(-c3[c-]cccc3)nnc2-c2ccccc2)c(C)c1.Cc1ccc(-n2c(-c3[c-]cccc3)nnc2-c2ccccc2)cc1.Cc1cccc(-n2c(-c3[c-]cccc3)nnc2-c2ccccc2)c1.[Ir].[Ir].[Ir].[Ir].[c-]1ccccc1-c1nnc(-c2ccccc2)n1-c1ccccc1. The van der Waals surface area contributed by atoms with E-state index in [1.807, 2.05) is 212 Å². The first-order chi connectivity index (χ1) is 60.2. The quantitative estimate of drug-likeness (QED) is 0.0329. The number of aromatic nitrogens is 12. The normalized spacial score (nSPS) is 12.2. The zero-order chi connectivity index (χ0) is 89.7. The Hall–Kier alpha value is -10.5. The molecule has 0 spiro atoms. The molecule has 0 aliphatic heterocycles. The van der Waals surface area contributed by atoms with Crippen LogP contribution in [0.25, 0.3) is 114 Å². The Morgan fingerprint density at radius 2 is 0.457 bits per heavy atom. The largest absolute Gasteiger partial charge is 0.393 e. The number of aliphatic hydroxyl groups is 8. The fourth-order valence-corrected chi connectivity index (χ4v) is 13.5. The monoisotopic (exact) mass is 2440 g/mol. The van der Waals surface area contributed by atoms with Gasteiger partial charge in [0.05, 0.1) is 72.1 Å². The number of aliphatic hydroxyl groups excluding tert-OH is 8. The van der Waals surface area contributed by atoms with E-state index in [4.69, 9.17) is 40.9 Å². The van der Waals surface area contributed by atoms with Crippen LogP contribution in [0.1, 0.15) is 109 Å². The van der Waals surface area contributed by atoms with E-state index in [0.29, 0.717) is 25.7 Å². The smallest absolute Gasteiger partial charge is 0.159 e. The number of para-hydroxylation sites is 1. The van der Waals surface area contributed by atoms with Crippen LogP contribution in [0.4, 0.5) is 0 Å². The molecule has 12 aromatic carbocycles. The van der Waals surface area contributed by atoms with Crippen molar-refractivity contribution >= 4 is 0 Å². The van der Waals surface area contributed by atoms with Gasteiger partial charge < -0.3 is 59.1 Å². The third-order valence-corrected chi connectivity index (χ3v) is 18.7. The fourth-order valence-electron chi connectivity index (χ4n) is 13.5. The summed E-state index contributed by atoms with van der Waals surface area (Å²) in [5.74, 6) is 6.49. The van der Waals surface area contributed by atoms with E-state index in [-0.39, 0.29) is 129 Å². The Kier molecular flexibility index (Phi) is 48.0. The molecule has 129 heavy (non-hydrogen) atoms. The van der Waals surface area contributed by atoms with Crippen LogP contribution in [0.2, 0.25) is 0 Å². The Labute approximate surface area is 813 Å². The van der Waals surface area contributed by atoms with Gasteiger partial charge >= 0.3 is 0 Å². The molecule has 20 nitrogen and oxygen atoms in total. The third kappa shape index (κ3) is 34.4. The summed E-state index contributed by atoms with van der Waals surface area (Å²) in [5, 5.41) is 104. The standard InChI is InChI=1S/C23H20N3.2C21H16N3.C20H14N3.4C5H12O2.4Ir/c1-16-14-17(2)21(18(3)15-16)26-22(19-10-6-4-7-11-19)24-25-23(26)20-12-8-5-9-13-20;1-16-9-8-14-19(15-16)24-20(17-10-4-2-5-11-17)22-23-21(24)18-12-6-3-7-13-18;1-16-12-14-19(15-13-16)24-20(17-8-4-2-5-9-17)22-23-21(24)18-10-6-3-7-11-18;1-4-10-16(11-5-1)19-21-22-20(17-12-6-2-7-13-17)23(19)18-14-8-3-9-15-18;4*1-4(6)3-5(2)7;;;;/h4-12,14-15H,1-3H3;2-12,14-15H,1H3;2-10,12-15H,1H3;1-12,14-15H;4*4-7H,3H2,1-2H3;;;;/q4*-1;;;;;;;;. The molecule has 16 rings (SSSR count). The average molecular weight is 2440 g/mol. The van der Waals surface area contributed by atoms with Crippen LogP contribution >= 0.6 is 0 Å². The van der Waals surface area contributed by atoms with E-state index in [9.17, 15) is 0 Å². The second-order valence-corrected chi connectivity index (χ2v) is 30.8. The maximum Gasteiger partial charge on any atom is 0.159 e. The summed E-state index contributed by atoms with van der Waals surface area (Å²) in [7, 11) is 0. The first-order valence-corrected chi connectivity index (χ1v) is 41.9. The fraction of sp³-hybridized carbons (Fsp3) is 0.238. The van der Waals surface area contributed by atoms with E-state index in [0.717, 1.165) is 114 Å². The van der Waals surface area contributed by atoms with E-state index in [1.54, 1.807) is 55.4 Å². The second kappa shape index (κ2) is 56.8. The van der Waals surface area contributed by atoms with E-state index in [1.165, 1.54) is 27.8 Å². The van der Waals surface area contributed by atoms with Crippen molar-refractivity contribution in [3.63, 3.8) is 0 Å². The molecule has 0 saturated carbocycles. The zero-order valence-electron chi connectivity index (χ0n) is 74.7. The Bertz CT molecular complexity index is 5430. The number of hydrogen-bond acceptors (Lipinski definition) is 16. The van der Waals surface area contributed by atoms with Gasteiger partial charge in [-0.2, -0.15) is 20.4 Å². The molecule has 4 aromatic heterocycles. The van der Waals surface area contributed by atoms with Crippen LogP contribution in [0.15, 0.2) is 309 Å². The van der Waals surface area contributed by atoms with Crippen LogP contribution in [-0.2, 0) is 80.4 Å². The topological polar surface area (TPSA) is 285 Å². The van der Waals surface area contributed by atoms with Crippen LogP contribution in [0.3, 0.4) is 0 Å². The van der Waals surface area contributed by atoms with Crippen molar-refractivity contribution in [2.75, 3.05) is 0 Å². The van der Waals surface area contributed by atoms with Gasteiger partial charge in [0, 0.05) is 125 Å². The molecule has 0 amide bonds. The molecule has 4 radical (unpaired) electrons. The minimum atomic E-state index is -0.375. The molecule has 0 aliphatic rings. The van der Waals surface area contributed by atoms with Gasteiger partial charge in [-0.15, -0.1) is 164 Å². The molecule has 8 N–H and O–H groups in total. The zero-order valence-corrected chi connectivity index (χ0v) is 84.3. The summed E-state index contributed by atoms with van der Waals surface area (Å²) < 4.78 is 8.40. The first kappa shape index (κ1) is 109. The Morgan fingerprint density at radius 1 is 0.225 bits per heavy atom. The number of aryl methyl sites for hydroxylation is 5. The maximum absolute atomic E-state index is 8.56. The summed E-state index contributed by atoms with van der Waals surface area (Å²) in [6, 6.07) is 116. The van der Waals surface area contributed by atoms with Crippen molar-refractivity contribution in [3.05, 3.63) is 361 Å². The molecule has 8 atom stereocenters. The molecular weight excluding hydrogens is 2330 g/mol. The molecule has 0 bridgehead atoms. The van der Waals surface area contributed by atoms with Crippen molar-refractivity contribution in [2.45, 2.75) is 165 Å². The first-order valence-electron chi connectivity index (χ1n) is 41.9. The van der Waals surface area contributed by atoms with Crippen molar-refractivity contribution in [1.82, 2.24) is 59.1 Å². The predicted molar refractivity (Wildman–Crippen MR) is 500 cm³/mol. The van der Waals surface area contributed by atoms with E-state index < -0.39 is 0 Å². The predicted octanol–water partition coefficient (Wildman–Crippen LogP) is 19.7. The third-order valence-electron chi connectivity index (χ3n) is 18.7. The minimum Gasteiger partial charge on any atom is -0.393 e. The van der Waals surface area contributed by atoms with Gasteiger partial charge in [0.15, 0.2) is 23.3 Å². The molecule has 8 unspecified atom stereocenters. The number of benzene rings is 12. The van der Waals surface area contributed by atoms with Gasteiger partial charge in [-0.25, -0.2) is 0 Å². The molecule has 682 valence electrons. The van der Waals surface area contributed by atoms with Gasteiger partial charge in [-0.1, -0.05) is 187 Å². The van der Waals surface area contributed by atoms with E-state index in [2.05, 4.69) is 215 Å². The van der Waals surface area contributed by atoms with Crippen molar-refractivity contribution in [2.24, 2.45) is 0 Å². The Morgan fingerprint density at radius 3 is 0.713 bits per heavy atom. The number of nitrogens with zero attached hydrogens (tertiary/aromatic N) is 12. The molecule has 0 saturated heterocycles. The average Bonchev–Trinajstić information content (AvgIpc) is 1.52. The molecule has 24 heteroatoms. The number of rotatable bonds is 20.